The van der Waals surface area contributed by atoms with Crippen molar-refractivity contribution in [3.05, 3.63) is 90.0 Å². The Morgan fingerprint density at radius 3 is 2.23 bits per heavy atom. The molecule has 1 amide bonds. The van der Waals surface area contributed by atoms with Crippen molar-refractivity contribution < 1.29 is 17.9 Å². The van der Waals surface area contributed by atoms with Gasteiger partial charge in [0.05, 0.1) is 4.90 Å². The van der Waals surface area contributed by atoms with Crippen LogP contribution in [-0.4, -0.2) is 20.9 Å². The third kappa shape index (κ3) is 5.68. The van der Waals surface area contributed by atoms with E-state index in [1.54, 1.807) is 6.92 Å². The van der Waals surface area contributed by atoms with Gasteiger partial charge < -0.3 is 10.1 Å². The lowest BCUT2D eigenvalue weighted by molar-refractivity contribution is -0.118. The summed E-state index contributed by atoms with van der Waals surface area (Å²) >= 11 is 0. The maximum Gasteiger partial charge on any atom is 0.262 e. The van der Waals surface area contributed by atoms with E-state index in [0.717, 1.165) is 16.8 Å². The number of aryl methyl sites for hydroxylation is 1. The van der Waals surface area contributed by atoms with Gasteiger partial charge in [0.1, 0.15) is 5.75 Å². The van der Waals surface area contributed by atoms with Gasteiger partial charge in [-0.3, -0.25) is 4.79 Å². The summed E-state index contributed by atoms with van der Waals surface area (Å²) < 4.78 is 33.4. The molecule has 0 saturated carbocycles. The van der Waals surface area contributed by atoms with E-state index in [9.17, 15) is 13.2 Å². The molecule has 3 aromatic carbocycles. The molecule has 3 aromatic rings. The van der Waals surface area contributed by atoms with Crippen LogP contribution in [0.5, 0.6) is 5.75 Å². The Labute approximate surface area is 177 Å². The van der Waals surface area contributed by atoms with Gasteiger partial charge in [-0.05, 0) is 55.3 Å². The van der Waals surface area contributed by atoms with Crippen molar-refractivity contribution in [1.29, 1.82) is 0 Å². The summed E-state index contributed by atoms with van der Waals surface area (Å²) in [6.45, 7) is 3.52. The maximum absolute atomic E-state index is 12.6. The molecule has 6 nitrogen and oxygen atoms in total. The van der Waals surface area contributed by atoms with Crippen LogP contribution in [0.4, 0.5) is 5.69 Å². The number of benzene rings is 3. The second-order valence-electron chi connectivity index (χ2n) is 6.88. The Balaban J connectivity index is 1.57. The first kappa shape index (κ1) is 21.5. The molecule has 30 heavy (non-hydrogen) atoms. The van der Waals surface area contributed by atoms with Crippen molar-refractivity contribution in [3.8, 4) is 5.75 Å². The lowest BCUT2D eigenvalue weighted by Gasteiger charge is -2.15. The summed E-state index contributed by atoms with van der Waals surface area (Å²) in [5.74, 6) is 0.115. The van der Waals surface area contributed by atoms with Gasteiger partial charge >= 0.3 is 0 Å². The van der Waals surface area contributed by atoms with Crippen LogP contribution in [0, 0.1) is 6.92 Å². The minimum absolute atomic E-state index is 0.127. The Bertz CT molecular complexity index is 1100. The highest BCUT2D eigenvalue weighted by Crippen LogP contribution is 2.20. The number of anilines is 1. The molecule has 3 rings (SSSR count). The number of sulfonamides is 1. The average Bonchev–Trinajstić information content (AvgIpc) is 2.74. The topological polar surface area (TPSA) is 84.5 Å². The summed E-state index contributed by atoms with van der Waals surface area (Å²) in [4.78, 5) is 12.2. The fraction of sp³-hybridized carbons (Fsp3) is 0.174. The molecule has 0 radical (unpaired) electrons. The molecule has 0 spiro atoms. The van der Waals surface area contributed by atoms with Crippen LogP contribution in [0.15, 0.2) is 83.8 Å². The molecule has 0 saturated heterocycles. The Hall–Kier alpha value is -3.16. The van der Waals surface area contributed by atoms with Gasteiger partial charge in [-0.15, -0.1) is 0 Å². The van der Waals surface area contributed by atoms with Gasteiger partial charge in [0.2, 0.25) is 10.0 Å². The number of hydrogen-bond donors (Lipinski definition) is 2. The number of hydrogen-bond acceptors (Lipinski definition) is 4. The lowest BCUT2D eigenvalue weighted by Crippen LogP contribution is -2.26. The van der Waals surface area contributed by atoms with Crippen molar-refractivity contribution in [2.75, 3.05) is 11.9 Å². The first-order chi connectivity index (χ1) is 14.3. The molecule has 0 aliphatic carbocycles. The molecule has 156 valence electrons. The molecule has 0 fully saturated rings. The van der Waals surface area contributed by atoms with Crippen molar-refractivity contribution in [1.82, 2.24) is 4.72 Å². The number of nitrogens with one attached hydrogen (secondary N) is 2. The highest BCUT2D eigenvalue weighted by molar-refractivity contribution is 7.89. The number of rotatable bonds is 8. The van der Waals surface area contributed by atoms with E-state index in [2.05, 4.69) is 10.0 Å². The summed E-state index contributed by atoms with van der Waals surface area (Å²) in [5.41, 5.74) is 2.56. The molecular weight excluding hydrogens is 400 g/mol. The van der Waals surface area contributed by atoms with E-state index in [1.165, 1.54) is 24.3 Å². The zero-order valence-corrected chi connectivity index (χ0v) is 17.6. The fourth-order valence-electron chi connectivity index (χ4n) is 2.87. The fourth-order valence-corrected chi connectivity index (χ4v) is 4.11. The van der Waals surface area contributed by atoms with Crippen molar-refractivity contribution >= 4 is 21.6 Å². The van der Waals surface area contributed by atoms with Gasteiger partial charge in [-0.25, -0.2) is 13.1 Å². The monoisotopic (exact) mass is 424 g/mol. The quantitative estimate of drug-likeness (QED) is 0.571. The van der Waals surface area contributed by atoms with E-state index in [0.29, 0.717) is 5.75 Å². The molecule has 7 heteroatoms. The molecule has 0 heterocycles. The molecule has 0 aromatic heterocycles. The van der Waals surface area contributed by atoms with Crippen LogP contribution in [-0.2, 0) is 14.8 Å². The maximum atomic E-state index is 12.6. The number of carbonyl (C=O) groups is 1. The normalized spacial score (nSPS) is 12.2. The smallest absolute Gasteiger partial charge is 0.262 e. The first-order valence-electron chi connectivity index (χ1n) is 9.51. The van der Waals surface area contributed by atoms with Crippen molar-refractivity contribution in [3.63, 3.8) is 0 Å². The second kappa shape index (κ2) is 9.56. The van der Waals surface area contributed by atoms with Crippen LogP contribution in [0.2, 0.25) is 0 Å². The predicted octanol–water partition coefficient (Wildman–Crippen LogP) is 4.05. The minimum atomic E-state index is -3.69. The Morgan fingerprint density at radius 1 is 0.933 bits per heavy atom. The Morgan fingerprint density at radius 2 is 1.57 bits per heavy atom. The van der Waals surface area contributed by atoms with Crippen LogP contribution in [0.1, 0.15) is 24.1 Å². The second-order valence-corrected chi connectivity index (χ2v) is 8.59. The highest BCUT2D eigenvalue weighted by Gasteiger charge is 2.18. The van der Waals surface area contributed by atoms with E-state index >= 15 is 0 Å². The summed E-state index contributed by atoms with van der Waals surface area (Å²) in [6, 6.07) is 22.4. The van der Waals surface area contributed by atoms with Crippen LogP contribution < -0.4 is 14.8 Å². The predicted molar refractivity (Wildman–Crippen MR) is 117 cm³/mol. The SMILES string of the molecule is Cc1ccccc1NC(=O)COc1ccc(S(=O)(=O)N[C@@H](C)c2ccccc2)cc1. The minimum Gasteiger partial charge on any atom is -0.484 e. The zero-order valence-electron chi connectivity index (χ0n) is 16.8. The summed E-state index contributed by atoms with van der Waals surface area (Å²) in [5, 5.41) is 2.78. The number of para-hydroxylation sites is 1. The number of ether oxygens (including phenoxy) is 1. The Kier molecular flexibility index (Phi) is 6.87. The first-order valence-corrected chi connectivity index (χ1v) is 11.0. The standard InChI is InChI=1S/C23H24N2O4S/c1-17-8-6-7-11-22(17)24-23(26)16-29-20-12-14-21(15-13-20)30(27,28)25-18(2)19-9-4-3-5-10-19/h3-15,18,25H,16H2,1-2H3,(H,24,26)/t18-/m0/s1. The van der Waals surface area contributed by atoms with Crippen molar-refractivity contribution in [2.24, 2.45) is 0 Å². The van der Waals surface area contributed by atoms with Crippen molar-refractivity contribution in [2.45, 2.75) is 24.8 Å². The molecule has 0 bridgehead atoms. The van der Waals surface area contributed by atoms with Crippen LogP contribution in [0.25, 0.3) is 0 Å². The van der Waals surface area contributed by atoms with E-state index in [-0.39, 0.29) is 23.5 Å². The summed E-state index contributed by atoms with van der Waals surface area (Å²) in [6.07, 6.45) is 0. The molecule has 0 aliphatic rings. The van der Waals surface area contributed by atoms with E-state index in [4.69, 9.17) is 4.74 Å². The summed E-state index contributed by atoms with van der Waals surface area (Å²) in [7, 11) is -3.69. The average molecular weight is 425 g/mol. The molecular formula is C23H24N2O4S. The number of carbonyl (C=O) groups excluding carboxylic acids is 1. The zero-order chi connectivity index (χ0) is 21.6. The molecule has 0 aliphatic heterocycles. The van der Waals surface area contributed by atoms with Crippen LogP contribution in [0.3, 0.4) is 0 Å². The van der Waals surface area contributed by atoms with Gasteiger partial charge in [0.25, 0.3) is 5.91 Å². The van der Waals surface area contributed by atoms with Gasteiger partial charge in [0.15, 0.2) is 6.61 Å². The van der Waals surface area contributed by atoms with Gasteiger partial charge in [0, 0.05) is 11.7 Å². The number of amides is 1. The van der Waals surface area contributed by atoms with Crippen LogP contribution >= 0.6 is 0 Å². The molecule has 1 atom stereocenters. The lowest BCUT2D eigenvalue weighted by atomic mass is 10.1. The van der Waals surface area contributed by atoms with Gasteiger partial charge in [-0.1, -0.05) is 48.5 Å². The van der Waals surface area contributed by atoms with E-state index < -0.39 is 10.0 Å². The molecule has 0 unspecified atom stereocenters. The third-order valence-electron chi connectivity index (χ3n) is 4.55. The van der Waals surface area contributed by atoms with E-state index in [1.807, 2.05) is 61.5 Å². The highest BCUT2D eigenvalue weighted by atomic mass is 32.2. The van der Waals surface area contributed by atoms with Gasteiger partial charge in [-0.2, -0.15) is 0 Å². The third-order valence-corrected chi connectivity index (χ3v) is 6.11. The largest absolute Gasteiger partial charge is 0.484 e. The molecule has 2 N–H and O–H groups in total.